The highest BCUT2D eigenvalue weighted by Gasteiger charge is 2.12. The Balaban J connectivity index is 2.18. The fraction of sp³-hybridized carbons (Fsp3) is 0.188. The fourth-order valence-electron chi connectivity index (χ4n) is 1.88. The molecule has 0 saturated carbocycles. The summed E-state index contributed by atoms with van der Waals surface area (Å²) >= 11 is 3.25. The molecule has 0 saturated heterocycles. The first kappa shape index (κ1) is 13.9. The van der Waals surface area contributed by atoms with E-state index in [9.17, 15) is 9.18 Å². The van der Waals surface area contributed by atoms with E-state index >= 15 is 0 Å². The van der Waals surface area contributed by atoms with E-state index in [-0.39, 0.29) is 17.8 Å². The van der Waals surface area contributed by atoms with E-state index in [1.807, 2.05) is 24.3 Å². The van der Waals surface area contributed by atoms with Gasteiger partial charge in [-0.3, -0.25) is 4.79 Å². The molecule has 0 aliphatic carbocycles. The van der Waals surface area contributed by atoms with Gasteiger partial charge in [-0.1, -0.05) is 47.1 Å². The van der Waals surface area contributed by atoms with Crippen molar-refractivity contribution in [3.05, 3.63) is 69.4 Å². The molecule has 2 aromatic rings. The van der Waals surface area contributed by atoms with Gasteiger partial charge in [0.25, 0.3) is 0 Å². The Hall–Kier alpha value is -1.48. The summed E-state index contributed by atoms with van der Waals surface area (Å²) in [6, 6.07) is 12.3. The van der Waals surface area contributed by atoms with Gasteiger partial charge in [0.15, 0.2) is 5.78 Å². The normalized spacial score (nSPS) is 10.5. The molecule has 1 nitrogen and oxygen atoms in total. The molecule has 0 aliphatic rings. The van der Waals surface area contributed by atoms with Crippen LogP contribution in [0.15, 0.2) is 46.9 Å². The third-order valence-corrected chi connectivity index (χ3v) is 3.52. The Kier molecular flexibility index (Phi) is 4.48. The Morgan fingerprint density at radius 3 is 2.37 bits per heavy atom. The molecule has 0 radical (unpaired) electrons. The van der Waals surface area contributed by atoms with Gasteiger partial charge < -0.3 is 0 Å². The van der Waals surface area contributed by atoms with Gasteiger partial charge in [-0.05, 0) is 35.7 Å². The van der Waals surface area contributed by atoms with Crippen LogP contribution < -0.4 is 0 Å². The molecule has 3 heteroatoms. The second-order valence-electron chi connectivity index (χ2n) is 4.39. The van der Waals surface area contributed by atoms with Crippen LogP contribution >= 0.6 is 15.9 Å². The first-order chi connectivity index (χ1) is 9.10. The van der Waals surface area contributed by atoms with Crippen LogP contribution in [0.1, 0.15) is 28.4 Å². The summed E-state index contributed by atoms with van der Waals surface area (Å²) in [7, 11) is 0. The molecule has 0 N–H and O–H groups in total. The number of benzene rings is 2. The highest BCUT2D eigenvalue weighted by atomic mass is 79.9. The summed E-state index contributed by atoms with van der Waals surface area (Å²) < 4.78 is 14.3. The molecular weight excluding hydrogens is 307 g/mol. The smallest absolute Gasteiger partial charge is 0.170 e. The van der Waals surface area contributed by atoms with Gasteiger partial charge in [-0.15, -0.1) is 0 Å². The quantitative estimate of drug-likeness (QED) is 0.754. The van der Waals surface area contributed by atoms with Crippen molar-refractivity contribution in [3.63, 3.8) is 0 Å². The highest BCUT2D eigenvalue weighted by Crippen LogP contribution is 2.18. The third-order valence-electron chi connectivity index (χ3n) is 3.02. The molecule has 19 heavy (non-hydrogen) atoms. The zero-order valence-corrected chi connectivity index (χ0v) is 12.2. The fourth-order valence-corrected chi connectivity index (χ4v) is 2.25. The topological polar surface area (TPSA) is 17.1 Å². The Bertz CT molecular complexity index is 590. The van der Waals surface area contributed by atoms with Crippen LogP contribution in [0, 0.1) is 5.82 Å². The molecule has 2 rings (SSSR count). The maximum Gasteiger partial charge on any atom is 0.170 e. The van der Waals surface area contributed by atoms with Crippen LogP contribution in [-0.2, 0) is 12.8 Å². The molecule has 0 spiro atoms. The summed E-state index contributed by atoms with van der Waals surface area (Å²) in [5.41, 5.74) is 2.26. The van der Waals surface area contributed by atoms with E-state index in [1.165, 1.54) is 17.7 Å². The minimum absolute atomic E-state index is 0.133. The van der Waals surface area contributed by atoms with Crippen molar-refractivity contribution in [2.45, 2.75) is 19.8 Å². The minimum atomic E-state index is -0.474. The first-order valence-electron chi connectivity index (χ1n) is 6.16. The molecular formula is C16H14BrFO. The molecule has 0 bridgehead atoms. The molecule has 0 heterocycles. The van der Waals surface area contributed by atoms with Crippen LogP contribution in [0.5, 0.6) is 0 Å². The molecule has 98 valence electrons. The minimum Gasteiger partial charge on any atom is -0.294 e. The second kappa shape index (κ2) is 6.11. The van der Waals surface area contributed by atoms with E-state index < -0.39 is 5.82 Å². The molecule has 2 aromatic carbocycles. The van der Waals surface area contributed by atoms with Gasteiger partial charge in [0, 0.05) is 10.9 Å². The largest absolute Gasteiger partial charge is 0.294 e. The zero-order valence-electron chi connectivity index (χ0n) is 10.6. The van der Waals surface area contributed by atoms with Gasteiger partial charge in [-0.2, -0.15) is 0 Å². The predicted molar refractivity (Wildman–Crippen MR) is 78.0 cm³/mol. The van der Waals surface area contributed by atoms with Crippen LogP contribution in [0.4, 0.5) is 4.39 Å². The van der Waals surface area contributed by atoms with Crippen LogP contribution in [0.2, 0.25) is 0 Å². The summed E-state index contributed by atoms with van der Waals surface area (Å²) in [4.78, 5) is 12.1. The summed E-state index contributed by atoms with van der Waals surface area (Å²) in [6.45, 7) is 2.08. The first-order valence-corrected chi connectivity index (χ1v) is 6.95. The standard InChI is InChI=1S/C16H14BrFO/c1-2-11-3-5-12(6-4-11)9-16(19)14-10-13(17)7-8-15(14)18/h3-8,10H,2,9H2,1H3. The second-order valence-corrected chi connectivity index (χ2v) is 5.31. The maximum atomic E-state index is 13.6. The number of halogens is 2. The number of hydrogen-bond donors (Lipinski definition) is 0. The number of aryl methyl sites for hydroxylation is 1. The van der Waals surface area contributed by atoms with Crippen molar-refractivity contribution in [2.24, 2.45) is 0 Å². The van der Waals surface area contributed by atoms with E-state index in [4.69, 9.17) is 0 Å². The number of rotatable bonds is 4. The van der Waals surface area contributed by atoms with Crippen molar-refractivity contribution in [3.8, 4) is 0 Å². The number of carbonyl (C=O) groups is 1. The predicted octanol–water partition coefficient (Wildman–Crippen LogP) is 4.58. The molecule has 0 aromatic heterocycles. The lowest BCUT2D eigenvalue weighted by atomic mass is 10.0. The Labute approximate surface area is 120 Å². The Morgan fingerprint density at radius 2 is 1.74 bits per heavy atom. The van der Waals surface area contributed by atoms with Crippen molar-refractivity contribution < 1.29 is 9.18 Å². The monoisotopic (exact) mass is 320 g/mol. The molecule has 0 unspecified atom stereocenters. The summed E-state index contributed by atoms with van der Waals surface area (Å²) in [5, 5.41) is 0. The van der Waals surface area contributed by atoms with Gasteiger partial charge >= 0.3 is 0 Å². The molecule has 0 fully saturated rings. The zero-order chi connectivity index (χ0) is 13.8. The molecule has 0 amide bonds. The summed E-state index contributed by atoms with van der Waals surface area (Å²) in [6.07, 6.45) is 1.19. The lowest BCUT2D eigenvalue weighted by molar-refractivity contribution is 0.0989. The lowest BCUT2D eigenvalue weighted by Gasteiger charge is -2.05. The van der Waals surface area contributed by atoms with Crippen molar-refractivity contribution in [2.75, 3.05) is 0 Å². The lowest BCUT2D eigenvalue weighted by Crippen LogP contribution is -2.06. The van der Waals surface area contributed by atoms with E-state index in [0.29, 0.717) is 4.47 Å². The SMILES string of the molecule is CCc1ccc(CC(=O)c2cc(Br)ccc2F)cc1. The van der Waals surface area contributed by atoms with Gasteiger partial charge in [-0.25, -0.2) is 4.39 Å². The van der Waals surface area contributed by atoms with E-state index in [2.05, 4.69) is 22.9 Å². The van der Waals surface area contributed by atoms with Crippen LogP contribution in [0.3, 0.4) is 0 Å². The number of carbonyl (C=O) groups excluding carboxylic acids is 1. The average Bonchev–Trinajstić information content (AvgIpc) is 2.42. The van der Waals surface area contributed by atoms with Crippen molar-refractivity contribution in [1.29, 1.82) is 0 Å². The highest BCUT2D eigenvalue weighted by molar-refractivity contribution is 9.10. The average molecular weight is 321 g/mol. The Morgan fingerprint density at radius 1 is 1.11 bits per heavy atom. The van der Waals surface area contributed by atoms with Crippen molar-refractivity contribution in [1.82, 2.24) is 0 Å². The van der Waals surface area contributed by atoms with E-state index in [1.54, 1.807) is 6.07 Å². The molecule has 0 atom stereocenters. The van der Waals surface area contributed by atoms with Gasteiger partial charge in [0.2, 0.25) is 0 Å². The third kappa shape index (κ3) is 3.51. The van der Waals surface area contributed by atoms with Crippen LogP contribution in [-0.4, -0.2) is 5.78 Å². The number of ketones is 1. The molecule has 0 aliphatic heterocycles. The van der Waals surface area contributed by atoms with E-state index in [0.717, 1.165) is 12.0 Å². The van der Waals surface area contributed by atoms with Gasteiger partial charge in [0.05, 0.1) is 5.56 Å². The number of hydrogen-bond acceptors (Lipinski definition) is 1. The van der Waals surface area contributed by atoms with Crippen LogP contribution in [0.25, 0.3) is 0 Å². The van der Waals surface area contributed by atoms with Crippen molar-refractivity contribution >= 4 is 21.7 Å². The van der Waals surface area contributed by atoms with Gasteiger partial charge in [0.1, 0.15) is 5.82 Å². The maximum absolute atomic E-state index is 13.6. The number of Topliss-reactive ketones (excluding diaryl/α,β-unsaturated/α-hetero) is 1. The summed E-state index contributed by atoms with van der Waals surface area (Å²) in [5.74, 6) is -0.679.